The summed E-state index contributed by atoms with van der Waals surface area (Å²) >= 11 is 0. The summed E-state index contributed by atoms with van der Waals surface area (Å²) in [6.07, 6.45) is -1.22. The third kappa shape index (κ3) is 2.55. The molecule has 6 rings (SSSR count). The van der Waals surface area contributed by atoms with E-state index in [0.29, 0.717) is 41.7 Å². The summed E-state index contributed by atoms with van der Waals surface area (Å²) in [4.78, 5) is 19.6. The molecule has 0 fully saturated rings. The van der Waals surface area contributed by atoms with Crippen molar-refractivity contribution in [1.29, 1.82) is 0 Å². The molecule has 1 amide bonds. The lowest BCUT2D eigenvalue weighted by Crippen LogP contribution is -2.42. The summed E-state index contributed by atoms with van der Waals surface area (Å²) in [5.41, 5.74) is 1.04. The number of halogens is 2. The number of carbonyl (C=O) groups is 1. The van der Waals surface area contributed by atoms with Crippen molar-refractivity contribution in [2.45, 2.75) is 18.4 Å². The number of aromatic nitrogens is 1. The summed E-state index contributed by atoms with van der Waals surface area (Å²) in [5, 5.41) is 0. The number of hydrogen-bond acceptors (Lipinski definition) is 5. The van der Waals surface area contributed by atoms with E-state index in [-0.39, 0.29) is 30.3 Å². The summed E-state index contributed by atoms with van der Waals surface area (Å²) in [6.45, 7) is 0.925. The quantitative estimate of drug-likeness (QED) is 0.621. The van der Waals surface area contributed by atoms with E-state index in [2.05, 4.69) is 4.98 Å². The van der Waals surface area contributed by atoms with Gasteiger partial charge in [-0.2, -0.15) is 0 Å². The van der Waals surface area contributed by atoms with E-state index in [1.807, 2.05) is 24.3 Å². The Hall–Kier alpha value is -3.68. The monoisotopic (exact) mass is 436 g/mol. The molecular formula is C24H18F2N2O4. The van der Waals surface area contributed by atoms with E-state index in [4.69, 9.17) is 14.2 Å². The standard InChI is InChI=1S/C24H18F2N2O4/c25-22(26)14-4-3-7-27-17(14)12-28-18-6-2-1-5-15(18)24(23(28)29)13-32-19-11-21-20(10-16(19)24)30-8-9-31-21/h1-7,10-11,22H,8-9,12-13H2/t24-/m0/s1. The number of carbonyl (C=O) groups excluding carboxylic acids is 1. The molecular weight excluding hydrogens is 418 g/mol. The molecule has 0 saturated carbocycles. The van der Waals surface area contributed by atoms with Gasteiger partial charge >= 0.3 is 0 Å². The number of ether oxygens (including phenoxy) is 3. The van der Waals surface area contributed by atoms with Gasteiger partial charge in [0.25, 0.3) is 6.43 Å². The van der Waals surface area contributed by atoms with Crippen molar-refractivity contribution in [3.8, 4) is 17.2 Å². The van der Waals surface area contributed by atoms with Crippen molar-refractivity contribution in [3.05, 3.63) is 77.1 Å². The largest absolute Gasteiger partial charge is 0.491 e. The number of hydrogen-bond donors (Lipinski definition) is 0. The third-order valence-electron chi connectivity index (χ3n) is 6.28. The van der Waals surface area contributed by atoms with Gasteiger partial charge in [-0.05, 0) is 29.8 Å². The molecule has 0 unspecified atom stereocenters. The highest BCUT2D eigenvalue weighted by Gasteiger charge is 2.57. The normalized spacial score (nSPS) is 20.5. The maximum atomic E-state index is 14.0. The molecule has 3 aliphatic heterocycles. The topological polar surface area (TPSA) is 60.9 Å². The molecule has 1 aromatic heterocycles. The lowest BCUT2D eigenvalue weighted by Gasteiger charge is -2.25. The highest BCUT2D eigenvalue weighted by molar-refractivity contribution is 6.11. The Morgan fingerprint density at radius 1 is 0.969 bits per heavy atom. The van der Waals surface area contributed by atoms with Crippen LogP contribution in [0.25, 0.3) is 0 Å². The second-order valence-electron chi connectivity index (χ2n) is 7.93. The number of benzene rings is 2. The summed E-state index contributed by atoms with van der Waals surface area (Å²) < 4.78 is 44.5. The van der Waals surface area contributed by atoms with Crippen molar-refractivity contribution in [2.24, 2.45) is 0 Å². The van der Waals surface area contributed by atoms with Gasteiger partial charge in [-0.25, -0.2) is 8.78 Å². The first-order valence-electron chi connectivity index (χ1n) is 10.3. The van der Waals surface area contributed by atoms with E-state index >= 15 is 0 Å². The Kier molecular flexibility index (Phi) is 4.11. The molecule has 4 heterocycles. The number of para-hydroxylation sites is 1. The number of fused-ring (bicyclic) bond motifs is 5. The molecule has 1 atom stereocenters. The van der Waals surface area contributed by atoms with Crippen LogP contribution in [0.4, 0.5) is 14.5 Å². The van der Waals surface area contributed by atoms with Crippen LogP contribution in [0.3, 0.4) is 0 Å². The minimum absolute atomic E-state index is 0.0575. The first-order chi connectivity index (χ1) is 15.6. The van der Waals surface area contributed by atoms with Crippen LogP contribution in [-0.2, 0) is 16.8 Å². The maximum absolute atomic E-state index is 14.0. The van der Waals surface area contributed by atoms with Crippen molar-refractivity contribution >= 4 is 11.6 Å². The lowest BCUT2D eigenvalue weighted by molar-refractivity contribution is -0.122. The third-order valence-corrected chi connectivity index (χ3v) is 6.28. The van der Waals surface area contributed by atoms with Gasteiger partial charge in [0.15, 0.2) is 11.5 Å². The second-order valence-corrected chi connectivity index (χ2v) is 7.93. The first-order valence-corrected chi connectivity index (χ1v) is 10.3. The first kappa shape index (κ1) is 19.0. The zero-order chi connectivity index (χ0) is 21.9. The Bertz CT molecular complexity index is 1250. The predicted octanol–water partition coefficient (Wildman–Crippen LogP) is 4.02. The van der Waals surface area contributed by atoms with Crippen LogP contribution in [0.2, 0.25) is 0 Å². The van der Waals surface area contributed by atoms with Crippen LogP contribution in [0.15, 0.2) is 54.7 Å². The highest BCUT2D eigenvalue weighted by Crippen LogP contribution is 2.55. The number of nitrogens with zero attached hydrogens (tertiary/aromatic N) is 2. The van der Waals surface area contributed by atoms with Crippen molar-refractivity contribution in [3.63, 3.8) is 0 Å². The van der Waals surface area contributed by atoms with E-state index in [1.165, 1.54) is 23.2 Å². The molecule has 6 nitrogen and oxygen atoms in total. The van der Waals surface area contributed by atoms with E-state index in [1.54, 1.807) is 12.1 Å². The number of alkyl halides is 2. The fourth-order valence-corrected chi connectivity index (χ4v) is 4.80. The zero-order valence-corrected chi connectivity index (χ0v) is 16.9. The van der Waals surface area contributed by atoms with Gasteiger partial charge in [-0.1, -0.05) is 18.2 Å². The van der Waals surface area contributed by atoms with E-state index in [0.717, 1.165) is 5.56 Å². The molecule has 1 spiro atoms. The fourth-order valence-electron chi connectivity index (χ4n) is 4.80. The zero-order valence-electron chi connectivity index (χ0n) is 16.9. The summed E-state index contributed by atoms with van der Waals surface area (Å²) in [6, 6.07) is 13.8. The molecule has 0 aliphatic carbocycles. The SMILES string of the molecule is O=C1N(Cc2ncccc2C(F)F)c2ccccc2[C@]12COc1cc3c(cc12)OCCO3. The van der Waals surface area contributed by atoms with E-state index < -0.39 is 11.8 Å². The van der Waals surface area contributed by atoms with Crippen LogP contribution >= 0.6 is 0 Å². The van der Waals surface area contributed by atoms with Crippen LogP contribution in [-0.4, -0.2) is 30.7 Å². The van der Waals surface area contributed by atoms with Crippen LogP contribution in [0.1, 0.15) is 28.8 Å². The number of pyridine rings is 1. The summed E-state index contributed by atoms with van der Waals surface area (Å²) in [5.74, 6) is 1.47. The molecule has 0 radical (unpaired) electrons. The predicted molar refractivity (Wildman–Crippen MR) is 111 cm³/mol. The van der Waals surface area contributed by atoms with Gasteiger partial charge < -0.3 is 19.1 Å². The molecule has 8 heteroatoms. The minimum Gasteiger partial charge on any atom is -0.491 e. The number of rotatable bonds is 3. The minimum atomic E-state index is -2.68. The Labute approximate surface area is 182 Å². The van der Waals surface area contributed by atoms with E-state index in [9.17, 15) is 13.6 Å². The fraction of sp³-hybridized carbons (Fsp3) is 0.250. The molecule has 3 aromatic rings. The van der Waals surface area contributed by atoms with Crippen molar-refractivity contribution in [1.82, 2.24) is 4.98 Å². The van der Waals surface area contributed by atoms with Gasteiger partial charge in [-0.3, -0.25) is 9.78 Å². The molecule has 162 valence electrons. The van der Waals surface area contributed by atoms with Crippen LogP contribution in [0, 0.1) is 0 Å². The molecule has 2 aromatic carbocycles. The van der Waals surface area contributed by atoms with Gasteiger partial charge in [0.2, 0.25) is 5.91 Å². The van der Waals surface area contributed by atoms with Gasteiger partial charge in [0, 0.05) is 29.1 Å². The lowest BCUT2D eigenvalue weighted by atomic mass is 9.77. The highest BCUT2D eigenvalue weighted by atomic mass is 19.3. The average molecular weight is 436 g/mol. The van der Waals surface area contributed by atoms with Crippen LogP contribution in [0.5, 0.6) is 17.2 Å². The Morgan fingerprint density at radius 2 is 1.75 bits per heavy atom. The molecule has 3 aliphatic rings. The summed E-state index contributed by atoms with van der Waals surface area (Å²) in [7, 11) is 0. The van der Waals surface area contributed by atoms with Gasteiger partial charge in [0.05, 0.1) is 12.2 Å². The van der Waals surface area contributed by atoms with Crippen LogP contribution < -0.4 is 19.1 Å². The Balaban J connectivity index is 1.48. The van der Waals surface area contributed by atoms with Gasteiger partial charge in [-0.15, -0.1) is 0 Å². The smallest absolute Gasteiger partial charge is 0.265 e. The maximum Gasteiger partial charge on any atom is 0.265 e. The molecule has 0 saturated heterocycles. The molecule has 0 bridgehead atoms. The van der Waals surface area contributed by atoms with Crippen molar-refractivity contribution in [2.75, 3.05) is 24.7 Å². The second kappa shape index (κ2) is 6.91. The number of anilines is 1. The Morgan fingerprint density at radius 3 is 2.56 bits per heavy atom. The molecule has 0 N–H and O–H groups in total. The average Bonchev–Trinajstić information content (AvgIpc) is 3.30. The molecule has 32 heavy (non-hydrogen) atoms. The van der Waals surface area contributed by atoms with Crippen molar-refractivity contribution < 1.29 is 27.8 Å². The number of amides is 1. The van der Waals surface area contributed by atoms with Gasteiger partial charge in [0.1, 0.15) is 31.0 Å².